The number of aliphatic imine (C=N–C) groups is 1. The number of aromatic hydroxyl groups is 1. The van der Waals surface area contributed by atoms with Gasteiger partial charge in [0.05, 0.1) is 17.9 Å². The summed E-state index contributed by atoms with van der Waals surface area (Å²) in [6, 6.07) is 15.9. The molecule has 0 saturated carbocycles. The number of benzene rings is 2. The standard InChI is InChI=1S/C22H22N4O4/c1-3-18(24-17-11-9-16(10-12-17)23-14(2)27)19-20(28)25-22(30)26(21(19)29)13-15-7-5-4-6-8-15/h4-12,29H,3,13H2,1-2H3,(H,23,27)(H,25,28,30). The molecule has 3 N–H and O–H groups in total. The van der Waals surface area contributed by atoms with E-state index < -0.39 is 17.1 Å². The first kappa shape index (κ1) is 20.8. The van der Waals surface area contributed by atoms with Crippen molar-refractivity contribution in [3.8, 4) is 5.88 Å². The number of carbonyl (C=O) groups is 1. The van der Waals surface area contributed by atoms with Gasteiger partial charge in [-0.1, -0.05) is 37.3 Å². The first-order valence-electron chi connectivity index (χ1n) is 9.44. The molecule has 30 heavy (non-hydrogen) atoms. The van der Waals surface area contributed by atoms with Gasteiger partial charge in [-0.05, 0) is 36.2 Å². The van der Waals surface area contributed by atoms with E-state index in [0.29, 0.717) is 23.5 Å². The Morgan fingerprint density at radius 2 is 1.77 bits per heavy atom. The van der Waals surface area contributed by atoms with Crippen molar-refractivity contribution in [3.63, 3.8) is 0 Å². The number of anilines is 1. The summed E-state index contributed by atoms with van der Waals surface area (Å²) in [6.45, 7) is 3.33. The lowest BCUT2D eigenvalue weighted by Crippen LogP contribution is -2.34. The van der Waals surface area contributed by atoms with Crippen LogP contribution < -0.4 is 16.6 Å². The molecule has 3 rings (SSSR count). The Morgan fingerprint density at radius 1 is 1.10 bits per heavy atom. The lowest BCUT2D eigenvalue weighted by molar-refractivity contribution is -0.114. The fourth-order valence-electron chi connectivity index (χ4n) is 3.02. The fourth-order valence-corrected chi connectivity index (χ4v) is 3.02. The summed E-state index contributed by atoms with van der Waals surface area (Å²) in [6.07, 6.45) is 0.355. The van der Waals surface area contributed by atoms with Crippen LogP contribution >= 0.6 is 0 Å². The predicted molar refractivity (Wildman–Crippen MR) is 116 cm³/mol. The lowest BCUT2D eigenvalue weighted by Gasteiger charge is -2.12. The molecule has 2 aromatic carbocycles. The zero-order valence-electron chi connectivity index (χ0n) is 16.7. The maximum atomic E-state index is 12.5. The van der Waals surface area contributed by atoms with Crippen molar-refractivity contribution < 1.29 is 9.90 Å². The van der Waals surface area contributed by atoms with Gasteiger partial charge in [0.2, 0.25) is 11.8 Å². The molecule has 8 nitrogen and oxygen atoms in total. The number of nitrogens with one attached hydrogen (secondary N) is 2. The van der Waals surface area contributed by atoms with Gasteiger partial charge in [0, 0.05) is 12.6 Å². The highest BCUT2D eigenvalue weighted by molar-refractivity contribution is 6.03. The zero-order valence-corrected chi connectivity index (χ0v) is 16.7. The van der Waals surface area contributed by atoms with Gasteiger partial charge in [-0.15, -0.1) is 0 Å². The first-order chi connectivity index (χ1) is 14.4. The topological polar surface area (TPSA) is 117 Å². The van der Waals surface area contributed by atoms with Crippen LogP contribution in [0.25, 0.3) is 0 Å². The minimum atomic E-state index is -0.697. The molecule has 0 aliphatic heterocycles. The van der Waals surface area contributed by atoms with E-state index in [1.165, 1.54) is 6.92 Å². The van der Waals surface area contributed by atoms with Gasteiger partial charge in [0.15, 0.2) is 0 Å². The molecule has 0 spiro atoms. The highest BCUT2D eigenvalue weighted by atomic mass is 16.3. The van der Waals surface area contributed by atoms with Crippen LogP contribution in [0.5, 0.6) is 5.88 Å². The summed E-state index contributed by atoms with van der Waals surface area (Å²) in [7, 11) is 0. The third-order valence-electron chi connectivity index (χ3n) is 4.43. The van der Waals surface area contributed by atoms with Crippen LogP contribution in [-0.2, 0) is 11.3 Å². The van der Waals surface area contributed by atoms with E-state index in [9.17, 15) is 19.5 Å². The van der Waals surface area contributed by atoms with Crippen LogP contribution in [0.4, 0.5) is 11.4 Å². The second-order valence-electron chi connectivity index (χ2n) is 6.67. The monoisotopic (exact) mass is 406 g/mol. The molecule has 0 aliphatic carbocycles. The molecule has 8 heteroatoms. The fraction of sp³-hybridized carbons (Fsp3) is 0.182. The summed E-state index contributed by atoms with van der Waals surface area (Å²) in [5.41, 5.74) is 0.868. The van der Waals surface area contributed by atoms with Crippen LogP contribution in [0.2, 0.25) is 0 Å². The molecule has 1 aromatic heterocycles. The number of hydrogen-bond acceptors (Lipinski definition) is 5. The molecule has 0 bridgehead atoms. The van der Waals surface area contributed by atoms with Gasteiger partial charge < -0.3 is 10.4 Å². The van der Waals surface area contributed by atoms with Gasteiger partial charge in [0.1, 0.15) is 5.56 Å². The summed E-state index contributed by atoms with van der Waals surface area (Å²) in [5, 5.41) is 13.4. The number of hydrogen-bond donors (Lipinski definition) is 3. The quantitative estimate of drug-likeness (QED) is 0.546. The maximum absolute atomic E-state index is 12.5. The van der Waals surface area contributed by atoms with E-state index in [-0.39, 0.29) is 18.0 Å². The number of carbonyl (C=O) groups excluding carboxylic acids is 1. The molecule has 3 aromatic rings. The average molecular weight is 406 g/mol. The van der Waals surface area contributed by atoms with E-state index in [2.05, 4.69) is 15.3 Å². The first-order valence-corrected chi connectivity index (χ1v) is 9.44. The summed E-state index contributed by atoms with van der Waals surface area (Å²) >= 11 is 0. The molecule has 1 heterocycles. The Bertz CT molecular complexity index is 1190. The Hall–Kier alpha value is -3.94. The molecule has 0 aliphatic rings. The lowest BCUT2D eigenvalue weighted by atomic mass is 10.1. The van der Waals surface area contributed by atoms with Crippen LogP contribution in [0.15, 0.2) is 69.2 Å². The van der Waals surface area contributed by atoms with Gasteiger partial charge in [0.25, 0.3) is 5.56 Å². The molecular weight excluding hydrogens is 384 g/mol. The predicted octanol–water partition coefficient (Wildman–Crippen LogP) is 2.78. The second-order valence-corrected chi connectivity index (χ2v) is 6.67. The molecular formula is C22H22N4O4. The van der Waals surface area contributed by atoms with Gasteiger partial charge in [-0.25, -0.2) is 4.79 Å². The van der Waals surface area contributed by atoms with Gasteiger partial charge in [-0.3, -0.25) is 24.1 Å². The largest absolute Gasteiger partial charge is 0.494 e. The number of aromatic nitrogens is 2. The van der Waals surface area contributed by atoms with Crippen LogP contribution in [0.3, 0.4) is 0 Å². The second kappa shape index (κ2) is 9.04. The SMILES string of the molecule is CCC(=Nc1ccc(NC(C)=O)cc1)c1c(O)n(Cc2ccccc2)c(=O)[nH]c1=O. The minimum Gasteiger partial charge on any atom is -0.494 e. The van der Waals surface area contributed by atoms with Crippen molar-refractivity contribution in [2.45, 2.75) is 26.8 Å². The zero-order chi connectivity index (χ0) is 21.7. The van der Waals surface area contributed by atoms with Gasteiger partial charge in [-0.2, -0.15) is 0 Å². The molecule has 0 unspecified atom stereocenters. The van der Waals surface area contributed by atoms with Crippen molar-refractivity contribution in [2.24, 2.45) is 4.99 Å². The summed E-state index contributed by atoms with van der Waals surface area (Å²) in [5.74, 6) is -0.610. The molecule has 0 fully saturated rings. The van der Waals surface area contributed by atoms with E-state index in [0.717, 1.165) is 10.1 Å². The average Bonchev–Trinajstić information content (AvgIpc) is 2.72. The minimum absolute atomic E-state index is 0.0426. The normalized spacial score (nSPS) is 11.3. The van der Waals surface area contributed by atoms with Crippen LogP contribution in [-0.4, -0.2) is 26.3 Å². The van der Waals surface area contributed by atoms with E-state index in [1.54, 1.807) is 31.2 Å². The maximum Gasteiger partial charge on any atom is 0.331 e. The van der Waals surface area contributed by atoms with Crippen LogP contribution in [0, 0.1) is 0 Å². The third kappa shape index (κ3) is 4.72. The van der Waals surface area contributed by atoms with Crippen molar-refractivity contribution >= 4 is 23.0 Å². The summed E-state index contributed by atoms with van der Waals surface area (Å²) in [4.78, 5) is 42.6. The van der Waals surface area contributed by atoms with Gasteiger partial charge >= 0.3 is 5.69 Å². The highest BCUT2D eigenvalue weighted by Crippen LogP contribution is 2.21. The summed E-state index contributed by atoms with van der Waals surface area (Å²) < 4.78 is 1.11. The molecule has 0 radical (unpaired) electrons. The van der Waals surface area contributed by atoms with Crippen LogP contribution in [0.1, 0.15) is 31.4 Å². The van der Waals surface area contributed by atoms with Crippen molar-refractivity contribution in [1.29, 1.82) is 0 Å². The smallest absolute Gasteiger partial charge is 0.331 e. The molecule has 154 valence electrons. The molecule has 0 saturated heterocycles. The third-order valence-corrected chi connectivity index (χ3v) is 4.43. The van der Waals surface area contributed by atoms with Crippen molar-refractivity contribution in [2.75, 3.05) is 5.32 Å². The Morgan fingerprint density at radius 3 is 2.37 bits per heavy atom. The number of nitrogens with zero attached hydrogens (tertiary/aromatic N) is 2. The Kier molecular flexibility index (Phi) is 6.26. The number of rotatable bonds is 6. The number of H-pyrrole nitrogens is 1. The Labute approximate surface area is 172 Å². The van der Waals surface area contributed by atoms with E-state index >= 15 is 0 Å². The van der Waals surface area contributed by atoms with Crippen molar-refractivity contribution in [3.05, 3.63) is 86.6 Å². The van der Waals surface area contributed by atoms with Crippen molar-refractivity contribution in [1.82, 2.24) is 9.55 Å². The Balaban J connectivity index is 2.03. The number of aromatic amines is 1. The number of amides is 1. The highest BCUT2D eigenvalue weighted by Gasteiger charge is 2.18. The molecule has 0 atom stereocenters. The van der Waals surface area contributed by atoms with E-state index in [4.69, 9.17) is 0 Å². The molecule has 1 amide bonds. The van der Waals surface area contributed by atoms with E-state index in [1.807, 2.05) is 30.3 Å².